The maximum atomic E-state index is 14.2. The van der Waals surface area contributed by atoms with Gasteiger partial charge in [0, 0.05) is 24.1 Å². The molecule has 1 aromatic carbocycles. The van der Waals surface area contributed by atoms with Crippen LogP contribution in [0.15, 0.2) is 29.8 Å². The number of carbonyl (C=O) groups excluding carboxylic acids is 2. The van der Waals surface area contributed by atoms with E-state index in [9.17, 15) is 9.59 Å². The number of hydrogen-bond donors (Lipinski definition) is 1. The van der Waals surface area contributed by atoms with Gasteiger partial charge in [0.1, 0.15) is 10.8 Å². The highest BCUT2D eigenvalue weighted by Gasteiger charge is 2.68. The Kier molecular flexibility index (Phi) is 4.99. The van der Waals surface area contributed by atoms with E-state index < -0.39 is 5.54 Å². The van der Waals surface area contributed by atoms with E-state index in [4.69, 9.17) is 9.47 Å². The van der Waals surface area contributed by atoms with Crippen molar-refractivity contribution in [1.82, 2.24) is 15.2 Å². The van der Waals surface area contributed by atoms with Crippen LogP contribution in [0.25, 0.3) is 0 Å². The van der Waals surface area contributed by atoms with E-state index >= 15 is 0 Å². The fourth-order valence-corrected chi connectivity index (χ4v) is 6.69. The minimum absolute atomic E-state index is 0.156. The number of imide groups is 1. The lowest BCUT2D eigenvalue weighted by molar-refractivity contribution is -0.139. The minimum atomic E-state index is -1.06. The van der Waals surface area contributed by atoms with E-state index in [0.29, 0.717) is 12.5 Å². The maximum Gasteiger partial charge on any atom is 0.325 e. The summed E-state index contributed by atoms with van der Waals surface area (Å²) in [5, 5.41) is 5.84. The molecule has 2 saturated carbocycles. The van der Waals surface area contributed by atoms with Crippen molar-refractivity contribution in [2.75, 3.05) is 13.7 Å². The van der Waals surface area contributed by atoms with Crippen molar-refractivity contribution in [3.63, 3.8) is 0 Å². The van der Waals surface area contributed by atoms with Gasteiger partial charge in [0.05, 0.1) is 19.3 Å². The highest BCUT2D eigenvalue weighted by atomic mass is 32.1. The Bertz CT molecular complexity index is 1080. The fraction of sp³-hybridized carbons (Fsp3) is 0.560. The summed E-state index contributed by atoms with van der Waals surface area (Å²) in [5.74, 6) is 1.27. The summed E-state index contributed by atoms with van der Waals surface area (Å²) in [6.07, 6.45) is 8.55. The van der Waals surface area contributed by atoms with Crippen LogP contribution in [0.5, 0.6) is 5.75 Å². The number of methoxy groups -OCH3 is 1. The molecule has 7 nitrogen and oxygen atoms in total. The number of nitrogens with zero attached hydrogens (tertiary/aromatic N) is 2. The fourth-order valence-electron chi connectivity index (χ4n) is 6.09. The zero-order valence-electron chi connectivity index (χ0n) is 18.8. The van der Waals surface area contributed by atoms with Crippen molar-refractivity contribution in [2.45, 2.75) is 63.1 Å². The van der Waals surface area contributed by atoms with Crippen LogP contribution in [0, 0.1) is 11.3 Å². The molecule has 2 heterocycles. The Balaban J connectivity index is 1.40. The van der Waals surface area contributed by atoms with Gasteiger partial charge in [0.25, 0.3) is 5.91 Å². The molecule has 1 unspecified atom stereocenters. The molecule has 2 aromatic rings. The number of ether oxygens (including phenoxy) is 2. The first-order chi connectivity index (χ1) is 16.0. The van der Waals surface area contributed by atoms with Crippen molar-refractivity contribution < 1.29 is 19.1 Å². The molecule has 1 N–H and O–H groups in total. The molecule has 1 saturated heterocycles. The topological polar surface area (TPSA) is 80.8 Å². The highest BCUT2D eigenvalue weighted by molar-refractivity contribution is 7.09. The molecule has 174 valence electrons. The largest absolute Gasteiger partial charge is 0.493 e. The van der Waals surface area contributed by atoms with Crippen LogP contribution < -0.4 is 10.1 Å². The molecule has 8 heteroatoms. The smallest absolute Gasteiger partial charge is 0.325 e. The molecule has 3 aliphatic carbocycles. The van der Waals surface area contributed by atoms with E-state index in [2.05, 4.69) is 16.4 Å². The number of benzene rings is 1. The normalized spacial score (nSPS) is 30.8. The lowest BCUT2D eigenvalue weighted by Crippen LogP contribution is -2.56. The van der Waals surface area contributed by atoms with E-state index in [1.54, 1.807) is 13.3 Å². The summed E-state index contributed by atoms with van der Waals surface area (Å²) in [6.45, 7) is 0.914. The van der Waals surface area contributed by atoms with Gasteiger partial charge in [-0.05, 0) is 74.1 Å². The molecule has 1 atom stereocenters. The zero-order chi connectivity index (χ0) is 22.6. The summed E-state index contributed by atoms with van der Waals surface area (Å²) < 4.78 is 11.7. The molecular weight excluding hydrogens is 438 g/mol. The highest BCUT2D eigenvalue weighted by Crippen LogP contribution is 2.60. The number of thiazole rings is 1. The lowest BCUT2D eigenvalue weighted by atomic mass is 9.61. The molecule has 0 radical (unpaired) electrons. The average molecular weight is 468 g/mol. The second kappa shape index (κ2) is 7.81. The molecule has 2 spiro atoms. The average Bonchev–Trinajstić information content (AvgIpc) is 3.36. The van der Waals surface area contributed by atoms with Gasteiger partial charge >= 0.3 is 6.03 Å². The van der Waals surface area contributed by atoms with Gasteiger partial charge in [0.2, 0.25) is 0 Å². The van der Waals surface area contributed by atoms with E-state index in [1.165, 1.54) is 29.1 Å². The van der Waals surface area contributed by atoms with Crippen LogP contribution in [0.1, 0.15) is 54.7 Å². The van der Waals surface area contributed by atoms with Crippen LogP contribution in [-0.4, -0.2) is 41.6 Å². The molecule has 0 bridgehead atoms. The number of carbonyl (C=O) groups is 2. The molecule has 1 aliphatic heterocycles. The van der Waals surface area contributed by atoms with Crippen LogP contribution >= 0.6 is 11.3 Å². The summed E-state index contributed by atoms with van der Waals surface area (Å²) in [6, 6.07) is 5.79. The quantitative estimate of drug-likeness (QED) is 0.650. The first-order valence-corrected chi connectivity index (χ1v) is 12.7. The Morgan fingerprint density at radius 1 is 1.21 bits per heavy atom. The summed E-state index contributed by atoms with van der Waals surface area (Å²) in [7, 11) is 1.75. The molecule has 33 heavy (non-hydrogen) atoms. The number of nitrogens with one attached hydrogen (secondary N) is 1. The van der Waals surface area contributed by atoms with Crippen molar-refractivity contribution in [2.24, 2.45) is 11.3 Å². The maximum absolute atomic E-state index is 14.2. The predicted molar refractivity (Wildman–Crippen MR) is 123 cm³/mol. The van der Waals surface area contributed by atoms with Crippen LogP contribution in [0.3, 0.4) is 0 Å². The Morgan fingerprint density at radius 3 is 2.73 bits per heavy atom. The van der Waals surface area contributed by atoms with E-state index in [-0.39, 0.29) is 30.0 Å². The third-order valence-electron chi connectivity index (χ3n) is 8.10. The summed E-state index contributed by atoms with van der Waals surface area (Å²) in [5.41, 5.74) is 0.624. The van der Waals surface area contributed by atoms with Crippen molar-refractivity contribution >= 4 is 23.3 Å². The summed E-state index contributed by atoms with van der Waals surface area (Å²) >= 11 is 1.46. The third kappa shape index (κ3) is 3.29. The molecule has 3 fully saturated rings. The zero-order valence-corrected chi connectivity index (χ0v) is 19.7. The number of aromatic nitrogens is 1. The Hall–Kier alpha value is -2.45. The monoisotopic (exact) mass is 467 g/mol. The number of rotatable bonds is 6. The van der Waals surface area contributed by atoms with Gasteiger partial charge in [-0.3, -0.25) is 9.69 Å². The van der Waals surface area contributed by atoms with Gasteiger partial charge in [-0.2, -0.15) is 0 Å². The number of fused-ring (bicyclic) bond motifs is 3. The predicted octanol–water partition coefficient (Wildman–Crippen LogP) is 4.01. The van der Waals surface area contributed by atoms with Gasteiger partial charge in [0.15, 0.2) is 5.54 Å². The Morgan fingerprint density at radius 2 is 2.03 bits per heavy atom. The van der Waals surface area contributed by atoms with Crippen LogP contribution in [0.2, 0.25) is 0 Å². The molecule has 3 amide bonds. The first kappa shape index (κ1) is 21.1. The second-order valence-corrected chi connectivity index (χ2v) is 10.9. The molecule has 6 rings (SSSR count). The molecular formula is C25H29N3O4S. The SMILES string of the molecule is COC1CCC2(CC1)Cc1ccc(OCC3CC3)cc1C21NC(=O)N(Cc2nccs2)C1=O. The van der Waals surface area contributed by atoms with E-state index in [1.807, 2.05) is 17.5 Å². The first-order valence-electron chi connectivity index (χ1n) is 11.9. The van der Waals surface area contributed by atoms with Crippen LogP contribution in [-0.2, 0) is 28.0 Å². The number of amides is 3. The van der Waals surface area contributed by atoms with Crippen LogP contribution in [0.4, 0.5) is 4.79 Å². The van der Waals surface area contributed by atoms with Gasteiger partial charge < -0.3 is 14.8 Å². The van der Waals surface area contributed by atoms with Gasteiger partial charge in [-0.25, -0.2) is 9.78 Å². The van der Waals surface area contributed by atoms with Crippen molar-refractivity contribution in [1.29, 1.82) is 0 Å². The second-order valence-electron chi connectivity index (χ2n) is 9.96. The lowest BCUT2D eigenvalue weighted by Gasteiger charge is -2.46. The van der Waals surface area contributed by atoms with Crippen molar-refractivity contribution in [3.8, 4) is 5.75 Å². The standard InChI is InChI=1S/C25H29N3O4S/c1-31-18-6-8-24(9-7-18)13-17-4-5-19(32-15-16-2-3-16)12-20(17)25(24)22(29)28(23(30)27-25)14-21-26-10-11-33-21/h4-5,10-12,16,18H,2-3,6-9,13-15H2,1H3,(H,27,30). The minimum Gasteiger partial charge on any atom is -0.493 e. The van der Waals surface area contributed by atoms with Crippen molar-refractivity contribution in [3.05, 3.63) is 45.9 Å². The molecule has 4 aliphatic rings. The third-order valence-corrected chi connectivity index (χ3v) is 8.86. The summed E-state index contributed by atoms with van der Waals surface area (Å²) in [4.78, 5) is 33.1. The van der Waals surface area contributed by atoms with Gasteiger partial charge in [-0.1, -0.05) is 6.07 Å². The number of urea groups is 1. The Labute approximate surface area is 197 Å². The van der Waals surface area contributed by atoms with E-state index in [0.717, 1.165) is 54.0 Å². The van der Waals surface area contributed by atoms with Gasteiger partial charge in [-0.15, -0.1) is 11.3 Å². The number of hydrogen-bond acceptors (Lipinski definition) is 6. The molecule has 1 aromatic heterocycles.